The van der Waals surface area contributed by atoms with Gasteiger partial charge in [-0.2, -0.15) is 4.31 Å². The fraction of sp³-hybridized carbons (Fsp3) is 0.211. The average molecular weight is 358 g/mol. The Kier molecular flexibility index (Phi) is 6.50. The summed E-state index contributed by atoms with van der Waals surface area (Å²) in [5.41, 5.74) is 1.21. The molecule has 2 aromatic carbocycles. The largest absolute Gasteiger partial charge is 0.349 e. The smallest absolute Gasteiger partial charge is 0.251 e. The molecule has 25 heavy (non-hydrogen) atoms. The van der Waals surface area contributed by atoms with Crippen LogP contribution in [0, 0.1) is 0 Å². The highest BCUT2D eigenvalue weighted by Crippen LogP contribution is 2.19. The normalized spacial score (nSPS) is 11.3. The number of amides is 1. The van der Waals surface area contributed by atoms with Gasteiger partial charge in [0.1, 0.15) is 0 Å². The molecule has 0 aliphatic heterocycles. The van der Waals surface area contributed by atoms with Crippen LogP contribution in [0.15, 0.2) is 72.1 Å². The Morgan fingerprint density at radius 2 is 1.88 bits per heavy atom. The molecule has 2 aromatic rings. The summed E-state index contributed by atoms with van der Waals surface area (Å²) in [4.78, 5) is 12.2. The van der Waals surface area contributed by atoms with E-state index < -0.39 is 10.0 Å². The van der Waals surface area contributed by atoms with Gasteiger partial charge in [0.2, 0.25) is 10.0 Å². The fourth-order valence-electron chi connectivity index (χ4n) is 2.37. The molecular formula is C19H22N2O3S. The lowest BCUT2D eigenvalue weighted by Crippen LogP contribution is -2.31. The number of benzene rings is 2. The number of hydrogen-bond donors (Lipinski definition) is 1. The maximum atomic E-state index is 12.9. The van der Waals surface area contributed by atoms with Crippen LogP contribution in [0.4, 0.5) is 0 Å². The van der Waals surface area contributed by atoms with Crippen molar-refractivity contribution in [1.82, 2.24) is 9.62 Å². The Balaban J connectivity index is 2.28. The van der Waals surface area contributed by atoms with Crippen molar-refractivity contribution in [2.24, 2.45) is 0 Å². The van der Waals surface area contributed by atoms with Gasteiger partial charge in [0.25, 0.3) is 5.91 Å². The molecule has 0 aromatic heterocycles. The summed E-state index contributed by atoms with van der Waals surface area (Å²) < 4.78 is 27.3. The molecule has 0 saturated carbocycles. The lowest BCUT2D eigenvalue weighted by molar-refractivity contribution is 0.0958. The van der Waals surface area contributed by atoms with E-state index in [1.807, 2.05) is 30.3 Å². The second-order valence-corrected chi connectivity index (χ2v) is 7.38. The monoisotopic (exact) mass is 358 g/mol. The number of carbonyl (C=O) groups excluding carboxylic acids is 1. The van der Waals surface area contributed by atoms with Crippen LogP contribution in [0.1, 0.15) is 22.8 Å². The molecule has 0 heterocycles. The first-order chi connectivity index (χ1) is 12.0. The van der Waals surface area contributed by atoms with Gasteiger partial charge in [-0.25, -0.2) is 8.42 Å². The molecule has 0 atom stereocenters. The Morgan fingerprint density at radius 3 is 2.52 bits per heavy atom. The molecule has 5 nitrogen and oxygen atoms in total. The zero-order valence-corrected chi connectivity index (χ0v) is 15.0. The van der Waals surface area contributed by atoms with Crippen molar-refractivity contribution in [2.75, 3.05) is 13.1 Å². The summed E-state index contributed by atoms with van der Waals surface area (Å²) >= 11 is 0. The average Bonchev–Trinajstić information content (AvgIpc) is 2.65. The van der Waals surface area contributed by atoms with Crippen LogP contribution in [-0.2, 0) is 16.6 Å². The van der Waals surface area contributed by atoms with Crippen molar-refractivity contribution >= 4 is 15.9 Å². The molecule has 0 aliphatic carbocycles. The van der Waals surface area contributed by atoms with Gasteiger partial charge in [-0.1, -0.05) is 49.4 Å². The highest BCUT2D eigenvalue weighted by molar-refractivity contribution is 7.89. The van der Waals surface area contributed by atoms with Crippen LogP contribution < -0.4 is 5.32 Å². The summed E-state index contributed by atoms with van der Waals surface area (Å²) in [6, 6.07) is 15.5. The van der Waals surface area contributed by atoms with Crippen LogP contribution in [0.5, 0.6) is 0 Å². The summed E-state index contributed by atoms with van der Waals surface area (Å²) in [6.07, 6.45) is 1.57. The molecule has 0 unspecified atom stereocenters. The van der Waals surface area contributed by atoms with Gasteiger partial charge in [0.05, 0.1) is 4.90 Å². The molecule has 2 rings (SSSR count). The lowest BCUT2D eigenvalue weighted by Gasteiger charge is -2.21. The highest BCUT2D eigenvalue weighted by atomic mass is 32.2. The van der Waals surface area contributed by atoms with Crippen molar-refractivity contribution in [3.63, 3.8) is 0 Å². The Hall–Kier alpha value is -2.44. The van der Waals surface area contributed by atoms with Crippen molar-refractivity contribution in [1.29, 1.82) is 0 Å². The van der Waals surface area contributed by atoms with Crippen LogP contribution >= 0.6 is 0 Å². The molecule has 0 saturated heterocycles. The number of carbonyl (C=O) groups is 1. The van der Waals surface area contributed by atoms with Crippen molar-refractivity contribution < 1.29 is 13.2 Å². The maximum absolute atomic E-state index is 12.9. The SMILES string of the molecule is C=CCNC(=O)c1cccc(S(=O)(=O)N(CC)Cc2ccccc2)c1. The number of hydrogen-bond acceptors (Lipinski definition) is 3. The standard InChI is InChI=1S/C19H22N2O3S/c1-3-13-20-19(22)17-11-8-12-18(14-17)25(23,24)21(4-2)15-16-9-6-5-7-10-16/h3,5-12,14H,1,4,13,15H2,2H3,(H,20,22). The molecule has 6 heteroatoms. The first-order valence-electron chi connectivity index (χ1n) is 8.02. The summed E-state index contributed by atoms with van der Waals surface area (Å²) in [7, 11) is -3.69. The van der Waals surface area contributed by atoms with E-state index in [2.05, 4.69) is 11.9 Å². The van der Waals surface area contributed by atoms with Crippen molar-refractivity contribution in [2.45, 2.75) is 18.4 Å². The third kappa shape index (κ3) is 4.78. The van der Waals surface area contributed by atoms with E-state index in [1.54, 1.807) is 25.1 Å². The Morgan fingerprint density at radius 1 is 1.16 bits per heavy atom. The number of rotatable bonds is 8. The predicted molar refractivity (Wildman–Crippen MR) is 98.7 cm³/mol. The van der Waals surface area contributed by atoms with Gasteiger partial charge in [-0.05, 0) is 23.8 Å². The summed E-state index contributed by atoms with van der Waals surface area (Å²) in [5.74, 6) is -0.331. The Labute approximate surface area is 149 Å². The summed E-state index contributed by atoms with van der Waals surface area (Å²) in [5, 5.41) is 2.64. The third-order valence-electron chi connectivity index (χ3n) is 3.70. The first kappa shape index (κ1) is 18.9. The molecular weight excluding hydrogens is 336 g/mol. The molecule has 1 amide bonds. The van der Waals surface area contributed by atoms with Gasteiger partial charge in [-0.15, -0.1) is 6.58 Å². The van der Waals surface area contributed by atoms with Crippen LogP contribution in [0.3, 0.4) is 0 Å². The first-order valence-corrected chi connectivity index (χ1v) is 9.46. The quantitative estimate of drug-likeness (QED) is 0.738. The topological polar surface area (TPSA) is 66.5 Å². The van der Waals surface area contributed by atoms with Crippen molar-refractivity contribution in [3.05, 3.63) is 78.4 Å². The van der Waals surface area contributed by atoms with E-state index >= 15 is 0 Å². The minimum Gasteiger partial charge on any atom is -0.349 e. The predicted octanol–water partition coefficient (Wildman–Crippen LogP) is 2.81. The Bertz CT molecular complexity index is 833. The zero-order valence-electron chi connectivity index (χ0n) is 14.2. The van der Waals surface area contributed by atoms with Gasteiger partial charge in [-0.3, -0.25) is 4.79 Å². The van der Waals surface area contributed by atoms with E-state index in [1.165, 1.54) is 16.4 Å². The van der Waals surface area contributed by atoms with Crippen LogP contribution in [0.2, 0.25) is 0 Å². The highest BCUT2D eigenvalue weighted by Gasteiger charge is 2.24. The fourth-order valence-corrected chi connectivity index (χ4v) is 3.85. The van der Waals surface area contributed by atoms with Crippen LogP contribution in [0.25, 0.3) is 0 Å². The minimum absolute atomic E-state index is 0.108. The third-order valence-corrected chi connectivity index (χ3v) is 5.61. The molecule has 132 valence electrons. The molecule has 0 aliphatic rings. The van der Waals surface area contributed by atoms with Gasteiger partial charge in [0, 0.05) is 25.2 Å². The maximum Gasteiger partial charge on any atom is 0.251 e. The molecule has 0 radical (unpaired) electrons. The van der Waals surface area contributed by atoms with E-state index in [-0.39, 0.29) is 17.3 Å². The van der Waals surface area contributed by atoms with E-state index in [0.29, 0.717) is 18.7 Å². The number of sulfonamides is 1. The molecule has 0 spiro atoms. The summed E-state index contributed by atoms with van der Waals surface area (Å²) in [6.45, 7) is 6.28. The zero-order chi connectivity index (χ0) is 18.3. The number of nitrogens with one attached hydrogen (secondary N) is 1. The van der Waals surface area contributed by atoms with Crippen molar-refractivity contribution in [3.8, 4) is 0 Å². The van der Waals surface area contributed by atoms with Gasteiger partial charge < -0.3 is 5.32 Å². The second-order valence-electron chi connectivity index (χ2n) is 5.44. The van der Waals surface area contributed by atoms with E-state index in [0.717, 1.165) is 5.56 Å². The van der Waals surface area contributed by atoms with E-state index in [9.17, 15) is 13.2 Å². The molecule has 0 bridgehead atoms. The van der Waals surface area contributed by atoms with Gasteiger partial charge in [0.15, 0.2) is 0 Å². The van der Waals surface area contributed by atoms with Crippen LogP contribution in [-0.4, -0.2) is 31.7 Å². The van der Waals surface area contributed by atoms with Gasteiger partial charge >= 0.3 is 0 Å². The molecule has 1 N–H and O–H groups in total. The number of nitrogens with zero attached hydrogens (tertiary/aromatic N) is 1. The lowest BCUT2D eigenvalue weighted by atomic mass is 10.2. The molecule has 0 fully saturated rings. The second kappa shape index (κ2) is 8.60. The minimum atomic E-state index is -3.69. The van der Waals surface area contributed by atoms with E-state index in [4.69, 9.17) is 0 Å².